The van der Waals surface area contributed by atoms with Crippen LogP contribution in [0.25, 0.3) is 0 Å². The minimum atomic E-state index is 0. The number of hydrogen-bond donors (Lipinski definition) is 1. The molecule has 146 valence electrons. The van der Waals surface area contributed by atoms with Gasteiger partial charge in [-0.15, -0.1) is 45.5 Å². The Bertz CT molecular complexity index is 686. The van der Waals surface area contributed by atoms with Gasteiger partial charge >= 0.3 is 0 Å². The van der Waals surface area contributed by atoms with Gasteiger partial charge in [0.2, 0.25) is 0 Å². The number of hydrogen-bond acceptors (Lipinski definition) is 4. The van der Waals surface area contributed by atoms with E-state index in [4.69, 9.17) is 4.99 Å². The van der Waals surface area contributed by atoms with Crippen molar-refractivity contribution in [3.8, 4) is 0 Å². The van der Waals surface area contributed by atoms with E-state index in [2.05, 4.69) is 80.9 Å². The molecule has 0 saturated heterocycles. The van der Waals surface area contributed by atoms with Gasteiger partial charge in [-0.2, -0.15) is 0 Å². The van der Waals surface area contributed by atoms with E-state index in [9.17, 15) is 0 Å². The summed E-state index contributed by atoms with van der Waals surface area (Å²) >= 11 is 5.28. The van der Waals surface area contributed by atoms with Gasteiger partial charge in [0.1, 0.15) is 12.2 Å². The molecule has 0 aliphatic heterocycles. The van der Waals surface area contributed by atoms with Crippen molar-refractivity contribution in [1.29, 1.82) is 0 Å². The molecule has 0 aromatic carbocycles. The van der Waals surface area contributed by atoms with Gasteiger partial charge in [0.15, 0.2) is 5.96 Å². The predicted octanol–water partition coefficient (Wildman–Crippen LogP) is 4.16. The van der Waals surface area contributed by atoms with Crippen molar-refractivity contribution in [3.63, 3.8) is 0 Å². The fraction of sp³-hybridized carbons (Fsp3) is 0.588. The van der Waals surface area contributed by atoms with E-state index in [0.717, 1.165) is 41.5 Å². The van der Waals surface area contributed by atoms with Crippen LogP contribution in [-0.4, -0.2) is 45.3 Å². The highest BCUT2D eigenvalue weighted by Gasteiger charge is 2.11. The quantitative estimate of drug-likeness (QED) is 0.302. The van der Waals surface area contributed by atoms with Gasteiger partial charge < -0.3 is 14.8 Å². The zero-order valence-corrected chi connectivity index (χ0v) is 20.5. The smallest absolute Gasteiger partial charge is 0.194 e. The van der Waals surface area contributed by atoms with Crippen LogP contribution in [0, 0.1) is 0 Å². The lowest BCUT2D eigenvalue weighted by Gasteiger charge is -2.25. The monoisotopic (exact) mass is 554 g/mol. The van der Waals surface area contributed by atoms with E-state index in [0.29, 0.717) is 12.6 Å². The standard InChI is InChI=1S/C17H27BrN6S.HI/c1-5-13(3)21-17(23(4)11-14-7-8-15(18)25-14)19-9-10-24-12-20-22-16(24)6-2;/h7-8,12-13H,5-6,9-11H2,1-4H3,(H,19,21);1H. The number of nitrogens with one attached hydrogen (secondary N) is 1. The van der Waals surface area contributed by atoms with Crippen LogP contribution >= 0.6 is 51.2 Å². The van der Waals surface area contributed by atoms with Crippen molar-refractivity contribution in [2.24, 2.45) is 4.99 Å². The summed E-state index contributed by atoms with van der Waals surface area (Å²) in [7, 11) is 2.08. The van der Waals surface area contributed by atoms with Gasteiger partial charge in [0.25, 0.3) is 0 Å². The highest BCUT2D eigenvalue weighted by Crippen LogP contribution is 2.23. The lowest BCUT2D eigenvalue weighted by atomic mass is 10.3. The van der Waals surface area contributed by atoms with Crippen molar-refractivity contribution in [2.75, 3.05) is 13.6 Å². The Balaban J connectivity index is 0.00000338. The average molecular weight is 555 g/mol. The number of aromatic nitrogens is 3. The van der Waals surface area contributed by atoms with E-state index in [1.807, 2.05) is 0 Å². The van der Waals surface area contributed by atoms with Crippen LogP contribution in [0.4, 0.5) is 0 Å². The highest BCUT2D eigenvalue weighted by atomic mass is 127. The normalized spacial score (nSPS) is 12.6. The zero-order chi connectivity index (χ0) is 18.2. The minimum absolute atomic E-state index is 0. The largest absolute Gasteiger partial charge is 0.354 e. The molecule has 26 heavy (non-hydrogen) atoms. The summed E-state index contributed by atoms with van der Waals surface area (Å²) in [6.45, 7) is 8.77. The molecule has 2 aromatic heterocycles. The summed E-state index contributed by atoms with van der Waals surface area (Å²) in [6.07, 6.45) is 3.72. The first-order valence-corrected chi connectivity index (χ1v) is 10.3. The Morgan fingerprint density at radius 1 is 1.42 bits per heavy atom. The molecule has 0 radical (unpaired) electrons. The first-order valence-electron chi connectivity index (χ1n) is 8.66. The number of aryl methyl sites for hydroxylation is 1. The minimum Gasteiger partial charge on any atom is -0.354 e. The third-order valence-electron chi connectivity index (χ3n) is 3.99. The Hall–Kier alpha value is -0.680. The number of rotatable bonds is 8. The number of nitrogens with zero attached hydrogens (tertiary/aromatic N) is 5. The van der Waals surface area contributed by atoms with Crippen molar-refractivity contribution in [2.45, 2.75) is 52.7 Å². The molecule has 0 spiro atoms. The van der Waals surface area contributed by atoms with Crippen LogP contribution in [0.2, 0.25) is 0 Å². The summed E-state index contributed by atoms with van der Waals surface area (Å²) in [5.41, 5.74) is 0. The van der Waals surface area contributed by atoms with Gasteiger partial charge in [-0.05, 0) is 41.4 Å². The van der Waals surface area contributed by atoms with Gasteiger partial charge in [0.05, 0.1) is 16.9 Å². The first-order chi connectivity index (χ1) is 12.0. The molecule has 0 fully saturated rings. The molecule has 0 aliphatic rings. The number of guanidine groups is 1. The van der Waals surface area contributed by atoms with Crippen molar-refractivity contribution >= 4 is 57.2 Å². The second-order valence-electron chi connectivity index (χ2n) is 6.01. The molecule has 2 heterocycles. The van der Waals surface area contributed by atoms with E-state index in [-0.39, 0.29) is 24.0 Å². The summed E-state index contributed by atoms with van der Waals surface area (Å²) in [5, 5.41) is 11.6. The maximum absolute atomic E-state index is 4.81. The second kappa shape index (κ2) is 11.9. The van der Waals surface area contributed by atoms with Gasteiger partial charge in [-0.3, -0.25) is 4.99 Å². The van der Waals surface area contributed by atoms with E-state index >= 15 is 0 Å². The van der Waals surface area contributed by atoms with Crippen LogP contribution < -0.4 is 5.32 Å². The third-order valence-corrected chi connectivity index (χ3v) is 5.59. The third kappa shape index (κ3) is 7.15. The summed E-state index contributed by atoms with van der Waals surface area (Å²) in [5.74, 6) is 1.94. The number of aliphatic imine (C=N–C) groups is 1. The zero-order valence-electron chi connectivity index (χ0n) is 15.8. The van der Waals surface area contributed by atoms with Crippen LogP contribution in [0.15, 0.2) is 27.2 Å². The predicted molar refractivity (Wildman–Crippen MR) is 123 cm³/mol. The SMILES string of the molecule is CCc1nncn1CCN=C(NC(C)CC)N(C)Cc1ccc(Br)s1.I. The molecule has 6 nitrogen and oxygen atoms in total. The van der Waals surface area contributed by atoms with E-state index in [1.165, 1.54) is 4.88 Å². The van der Waals surface area contributed by atoms with Crippen LogP contribution in [0.5, 0.6) is 0 Å². The molecule has 0 amide bonds. The van der Waals surface area contributed by atoms with Gasteiger partial charge in [-0.25, -0.2) is 0 Å². The van der Waals surface area contributed by atoms with E-state index in [1.54, 1.807) is 17.7 Å². The molecule has 2 aromatic rings. The van der Waals surface area contributed by atoms with Crippen molar-refractivity contribution in [3.05, 3.63) is 32.9 Å². The molecule has 9 heteroatoms. The lowest BCUT2D eigenvalue weighted by molar-refractivity contribution is 0.461. The van der Waals surface area contributed by atoms with Gasteiger partial charge in [-0.1, -0.05) is 13.8 Å². The summed E-state index contributed by atoms with van der Waals surface area (Å²) in [4.78, 5) is 8.30. The Morgan fingerprint density at radius 2 is 2.19 bits per heavy atom. The lowest BCUT2D eigenvalue weighted by Crippen LogP contribution is -2.43. The number of halogens is 2. The molecule has 0 aliphatic carbocycles. The maximum atomic E-state index is 4.81. The topological polar surface area (TPSA) is 58.3 Å². The second-order valence-corrected chi connectivity index (χ2v) is 8.56. The fourth-order valence-electron chi connectivity index (χ4n) is 2.35. The molecule has 1 unspecified atom stereocenters. The molecule has 2 rings (SSSR count). The number of thiophene rings is 1. The summed E-state index contributed by atoms with van der Waals surface area (Å²) < 4.78 is 3.23. The fourth-order valence-corrected chi connectivity index (χ4v) is 3.88. The van der Waals surface area contributed by atoms with Gasteiger partial charge in [0, 0.05) is 30.9 Å². The highest BCUT2D eigenvalue weighted by molar-refractivity contribution is 14.0. The molecule has 1 N–H and O–H groups in total. The Morgan fingerprint density at radius 3 is 2.81 bits per heavy atom. The molecular weight excluding hydrogens is 527 g/mol. The Kier molecular flexibility index (Phi) is 10.7. The van der Waals surface area contributed by atoms with Crippen LogP contribution in [0.1, 0.15) is 37.9 Å². The molecule has 0 saturated carbocycles. The summed E-state index contributed by atoms with van der Waals surface area (Å²) in [6, 6.07) is 4.62. The molecule has 0 bridgehead atoms. The van der Waals surface area contributed by atoms with E-state index < -0.39 is 0 Å². The average Bonchev–Trinajstić information content (AvgIpc) is 3.22. The molecule has 1 atom stereocenters. The van der Waals surface area contributed by atoms with Crippen LogP contribution in [-0.2, 0) is 19.5 Å². The van der Waals surface area contributed by atoms with Crippen LogP contribution in [0.3, 0.4) is 0 Å². The Labute approximate surface area is 185 Å². The van der Waals surface area contributed by atoms with Crippen molar-refractivity contribution in [1.82, 2.24) is 25.0 Å². The molecular formula is C17H28BrIN6S. The maximum Gasteiger partial charge on any atom is 0.194 e. The first kappa shape index (κ1) is 23.4. The van der Waals surface area contributed by atoms with Crippen molar-refractivity contribution < 1.29 is 0 Å².